The van der Waals surface area contributed by atoms with Crippen LogP contribution in [0, 0.1) is 0 Å². The van der Waals surface area contributed by atoms with Gasteiger partial charge < -0.3 is 36.6 Å². The quantitative estimate of drug-likeness (QED) is 0.165. The Morgan fingerprint density at radius 2 is 1.24 bits per heavy atom. The van der Waals surface area contributed by atoms with Crippen LogP contribution in [0.2, 0.25) is 0 Å². The minimum atomic E-state index is -1.36. The van der Waals surface area contributed by atoms with Crippen LogP contribution in [0.15, 0.2) is 0 Å². The molecule has 8 N–H and O–H groups in total. The Balaban J connectivity index is 5.42. The maximum atomic E-state index is 10.9. The zero-order chi connectivity index (χ0) is 19.6. The summed E-state index contributed by atoms with van der Waals surface area (Å²) in [6, 6.07) is 0. The maximum Gasteiger partial charge on any atom is 0.317 e. The molecular formula is C12H22N4O9. The van der Waals surface area contributed by atoms with Gasteiger partial charge in [0.15, 0.2) is 0 Å². The summed E-state index contributed by atoms with van der Waals surface area (Å²) in [6.07, 6.45) is -2.39. The summed E-state index contributed by atoms with van der Waals surface area (Å²) in [7, 11) is 0. The predicted octanol–water partition coefficient (Wildman–Crippen LogP) is -3.48. The van der Waals surface area contributed by atoms with Crippen molar-refractivity contribution >= 4 is 23.9 Å². The van der Waals surface area contributed by atoms with Crippen molar-refractivity contribution in [2.24, 2.45) is 11.5 Å². The van der Waals surface area contributed by atoms with E-state index in [1.165, 1.54) is 0 Å². The summed E-state index contributed by atoms with van der Waals surface area (Å²) in [5.41, 5.74) is 10.8. The summed E-state index contributed by atoms with van der Waals surface area (Å²) in [5.74, 6) is -5.38. The van der Waals surface area contributed by atoms with E-state index in [9.17, 15) is 19.2 Å². The minimum Gasteiger partial charge on any atom is -0.480 e. The number of carboxylic acid groups (broad SMARTS) is 4. The van der Waals surface area contributed by atoms with Gasteiger partial charge in [-0.05, 0) is 0 Å². The Labute approximate surface area is 142 Å². The van der Waals surface area contributed by atoms with Gasteiger partial charge in [-0.25, -0.2) is 0 Å². The van der Waals surface area contributed by atoms with Crippen LogP contribution >= 0.6 is 0 Å². The molecule has 0 aliphatic carbocycles. The molecule has 144 valence electrons. The molecule has 0 amide bonds. The SMILES string of the molecule is NCC(N)OC(CN(CC(=O)O)CC(=O)O)N(CC(=O)O)CC(=O)O. The Morgan fingerprint density at radius 1 is 0.840 bits per heavy atom. The number of carbonyl (C=O) groups is 4. The van der Waals surface area contributed by atoms with E-state index in [1.807, 2.05) is 0 Å². The zero-order valence-corrected chi connectivity index (χ0v) is 13.3. The van der Waals surface area contributed by atoms with Gasteiger partial charge in [-0.15, -0.1) is 0 Å². The fraction of sp³-hybridized carbons (Fsp3) is 0.667. The monoisotopic (exact) mass is 366 g/mol. The first-order chi connectivity index (χ1) is 11.5. The molecule has 0 saturated carbocycles. The molecule has 0 aromatic rings. The number of nitrogens with zero attached hydrogens (tertiary/aromatic N) is 2. The Morgan fingerprint density at radius 3 is 1.56 bits per heavy atom. The number of hydrogen-bond donors (Lipinski definition) is 6. The zero-order valence-electron chi connectivity index (χ0n) is 13.3. The Bertz CT molecular complexity index is 455. The lowest BCUT2D eigenvalue weighted by Crippen LogP contribution is -2.53. The highest BCUT2D eigenvalue weighted by molar-refractivity contribution is 5.73. The van der Waals surface area contributed by atoms with Crippen molar-refractivity contribution in [1.29, 1.82) is 0 Å². The fourth-order valence-corrected chi connectivity index (χ4v) is 1.90. The number of ether oxygens (including phenoxy) is 1. The third-order valence-corrected chi connectivity index (χ3v) is 2.78. The Kier molecular flexibility index (Phi) is 10.2. The molecule has 2 atom stereocenters. The number of rotatable bonds is 14. The molecule has 13 heteroatoms. The van der Waals surface area contributed by atoms with Crippen molar-refractivity contribution in [3.63, 3.8) is 0 Å². The van der Waals surface area contributed by atoms with Gasteiger partial charge >= 0.3 is 23.9 Å². The number of nitrogens with two attached hydrogens (primary N) is 2. The van der Waals surface area contributed by atoms with Gasteiger partial charge in [-0.2, -0.15) is 0 Å². The summed E-state index contributed by atoms with van der Waals surface area (Å²) in [4.78, 5) is 45.4. The second-order valence-electron chi connectivity index (χ2n) is 5.01. The van der Waals surface area contributed by atoms with E-state index in [1.54, 1.807) is 0 Å². The van der Waals surface area contributed by atoms with Gasteiger partial charge in [0.05, 0.1) is 26.2 Å². The topological polar surface area (TPSA) is 217 Å². The fourth-order valence-electron chi connectivity index (χ4n) is 1.90. The first kappa shape index (κ1) is 22.7. The van der Waals surface area contributed by atoms with Crippen LogP contribution in [0.1, 0.15) is 0 Å². The van der Waals surface area contributed by atoms with Crippen LogP contribution < -0.4 is 11.5 Å². The maximum absolute atomic E-state index is 10.9. The molecule has 0 rings (SSSR count). The molecular weight excluding hydrogens is 344 g/mol. The smallest absolute Gasteiger partial charge is 0.317 e. The van der Waals surface area contributed by atoms with Gasteiger partial charge in [0.25, 0.3) is 0 Å². The van der Waals surface area contributed by atoms with Crippen LogP contribution in [0.3, 0.4) is 0 Å². The van der Waals surface area contributed by atoms with Crippen LogP contribution in [0.4, 0.5) is 0 Å². The third kappa shape index (κ3) is 11.0. The average Bonchev–Trinajstić information content (AvgIpc) is 2.43. The third-order valence-electron chi connectivity index (χ3n) is 2.78. The Hall–Kier alpha value is -2.32. The van der Waals surface area contributed by atoms with E-state index in [2.05, 4.69) is 0 Å². The lowest BCUT2D eigenvalue weighted by atomic mass is 10.3. The van der Waals surface area contributed by atoms with Gasteiger partial charge in [0.2, 0.25) is 0 Å². The molecule has 0 aromatic heterocycles. The van der Waals surface area contributed by atoms with Crippen LogP contribution in [-0.2, 0) is 23.9 Å². The molecule has 0 aliphatic rings. The van der Waals surface area contributed by atoms with Gasteiger partial charge in [0, 0.05) is 13.1 Å². The molecule has 0 spiro atoms. The highest BCUT2D eigenvalue weighted by Gasteiger charge is 2.29. The molecule has 0 fully saturated rings. The lowest BCUT2D eigenvalue weighted by molar-refractivity contribution is -0.159. The first-order valence-electron chi connectivity index (χ1n) is 6.99. The highest BCUT2D eigenvalue weighted by Crippen LogP contribution is 2.07. The van der Waals surface area contributed by atoms with E-state index in [0.717, 1.165) is 9.80 Å². The van der Waals surface area contributed by atoms with Crippen molar-refractivity contribution in [2.45, 2.75) is 12.5 Å². The van der Waals surface area contributed by atoms with E-state index in [0.29, 0.717) is 0 Å². The van der Waals surface area contributed by atoms with Crippen molar-refractivity contribution in [3.8, 4) is 0 Å². The largest absolute Gasteiger partial charge is 0.480 e. The van der Waals surface area contributed by atoms with Gasteiger partial charge in [0.1, 0.15) is 12.5 Å². The highest BCUT2D eigenvalue weighted by atomic mass is 16.5. The summed E-state index contributed by atoms with van der Waals surface area (Å²) >= 11 is 0. The van der Waals surface area contributed by atoms with Crippen LogP contribution in [0.25, 0.3) is 0 Å². The normalized spacial score (nSPS) is 13.6. The molecule has 2 unspecified atom stereocenters. The molecule has 0 saturated heterocycles. The molecule has 13 nitrogen and oxygen atoms in total. The summed E-state index contributed by atoms with van der Waals surface area (Å²) in [5, 5.41) is 35.5. The van der Waals surface area contributed by atoms with E-state index in [-0.39, 0.29) is 6.54 Å². The summed E-state index contributed by atoms with van der Waals surface area (Å²) in [6.45, 7) is -3.45. The van der Waals surface area contributed by atoms with E-state index in [4.69, 9.17) is 36.6 Å². The van der Waals surface area contributed by atoms with Crippen molar-refractivity contribution in [2.75, 3.05) is 39.3 Å². The number of carboxylic acids is 4. The molecule has 0 aromatic carbocycles. The average molecular weight is 366 g/mol. The van der Waals surface area contributed by atoms with Crippen molar-refractivity contribution < 1.29 is 44.3 Å². The number of aliphatic carboxylic acids is 4. The number of hydrogen-bond acceptors (Lipinski definition) is 9. The second kappa shape index (κ2) is 11.3. The summed E-state index contributed by atoms with van der Waals surface area (Å²) < 4.78 is 5.28. The molecule has 0 radical (unpaired) electrons. The van der Waals surface area contributed by atoms with E-state index >= 15 is 0 Å². The van der Waals surface area contributed by atoms with Gasteiger partial charge in [-0.3, -0.25) is 29.0 Å². The lowest BCUT2D eigenvalue weighted by Gasteiger charge is -2.34. The van der Waals surface area contributed by atoms with Crippen molar-refractivity contribution in [1.82, 2.24) is 9.80 Å². The molecule has 25 heavy (non-hydrogen) atoms. The predicted molar refractivity (Wildman–Crippen MR) is 80.5 cm³/mol. The second-order valence-corrected chi connectivity index (χ2v) is 5.01. The molecule has 0 heterocycles. The van der Waals surface area contributed by atoms with E-state index < -0.39 is 69.1 Å². The standard InChI is InChI=1S/C12H22N4O9/c13-1-7(14)25-8(16(5-11(21)22)6-12(23)24)2-15(3-9(17)18)4-10(19)20/h7-8H,1-6,13-14H2,(H,17,18)(H,19,20)(H,21,22)(H,23,24). The van der Waals surface area contributed by atoms with Gasteiger partial charge in [-0.1, -0.05) is 0 Å². The van der Waals surface area contributed by atoms with Crippen LogP contribution in [-0.4, -0.2) is 106 Å². The molecule has 0 aliphatic heterocycles. The van der Waals surface area contributed by atoms with Crippen LogP contribution in [0.5, 0.6) is 0 Å². The molecule has 0 bridgehead atoms. The first-order valence-corrected chi connectivity index (χ1v) is 6.99. The van der Waals surface area contributed by atoms with Crippen molar-refractivity contribution in [3.05, 3.63) is 0 Å². The minimum absolute atomic E-state index is 0.178.